The minimum atomic E-state index is -0.944. The van der Waals surface area contributed by atoms with E-state index in [9.17, 15) is 14.4 Å². The molecule has 29 heavy (non-hydrogen) atoms. The highest BCUT2D eigenvalue weighted by molar-refractivity contribution is 5.74. The lowest BCUT2D eigenvalue weighted by Crippen LogP contribution is -2.41. The van der Waals surface area contributed by atoms with Gasteiger partial charge in [0.1, 0.15) is 6.04 Å². The summed E-state index contributed by atoms with van der Waals surface area (Å²) < 4.78 is 0. The highest BCUT2D eigenvalue weighted by Crippen LogP contribution is 2.17. The van der Waals surface area contributed by atoms with Gasteiger partial charge in [-0.15, -0.1) is 0 Å². The van der Waals surface area contributed by atoms with Crippen LogP contribution in [0.4, 0.5) is 0 Å². The Hall–Kier alpha value is -2.41. The molecule has 0 spiro atoms. The van der Waals surface area contributed by atoms with Gasteiger partial charge in [0.25, 0.3) is 0 Å². The number of rotatable bonds is 10. The summed E-state index contributed by atoms with van der Waals surface area (Å²) in [6.45, 7) is 7.52. The number of hydrogen-bond donors (Lipinski definition) is 4. The second-order valence-corrected chi connectivity index (χ2v) is 8.25. The molecule has 0 aliphatic rings. The number of carboxylic acid groups (broad SMARTS) is 3. The second kappa shape index (κ2) is 12.9. The van der Waals surface area contributed by atoms with Gasteiger partial charge in [-0.05, 0) is 42.2 Å². The molecule has 164 valence electrons. The van der Waals surface area contributed by atoms with Crippen LogP contribution in [0, 0.1) is 11.3 Å². The smallest absolute Gasteiger partial charge is 0.321 e. The summed E-state index contributed by atoms with van der Waals surface area (Å²) in [5.41, 5.74) is 7.34. The quantitative estimate of drug-likeness (QED) is 0.463. The lowest BCUT2D eigenvalue weighted by Gasteiger charge is -2.22. The molecule has 7 heteroatoms. The van der Waals surface area contributed by atoms with E-state index in [0.29, 0.717) is 12.8 Å². The summed E-state index contributed by atoms with van der Waals surface area (Å²) in [6, 6.07) is 7.44. The zero-order chi connectivity index (χ0) is 22.6. The molecule has 5 N–H and O–H groups in total. The number of hydrogen-bond acceptors (Lipinski definition) is 4. The Balaban J connectivity index is 0.000000734. The van der Waals surface area contributed by atoms with Crippen molar-refractivity contribution in [3.05, 3.63) is 35.4 Å². The van der Waals surface area contributed by atoms with E-state index in [0.717, 1.165) is 18.4 Å². The molecule has 1 aromatic rings. The van der Waals surface area contributed by atoms with E-state index in [-0.39, 0.29) is 18.3 Å². The Morgan fingerprint density at radius 3 is 1.69 bits per heavy atom. The van der Waals surface area contributed by atoms with Crippen molar-refractivity contribution in [1.82, 2.24) is 0 Å². The van der Waals surface area contributed by atoms with E-state index in [1.807, 2.05) is 12.1 Å². The normalized spacial score (nSPS) is 13.0. The van der Waals surface area contributed by atoms with Crippen LogP contribution in [0.25, 0.3) is 0 Å². The molecule has 0 aromatic heterocycles. The van der Waals surface area contributed by atoms with Gasteiger partial charge < -0.3 is 21.1 Å². The fourth-order valence-electron chi connectivity index (χ4n) is 2.56. The van der Waals surface area contributed by atoms with E-state index >= 15 is 0 Å². The van der Waals surface area contributed by atoms with Crippen molar-refractivity contribution in [3.8, 4) is 0 Å². The van der Waals surface area contributed by atoms with Gasteiger partial charge in [-0.3, -0.25) is 14.4 Å². The lowest BCUT2D eigenvalue weighted by atomic mass is 9.88. The molecule has 1 rings (SSSR count). The predicted molar refractivity (Wildman–Crippen MR) is 112 cm³/mol. The topological polar surface area (TPSA) is 138 Å². The number of aryl methyl sites for hydroxylation is 2. The summed E-state index contributed by atoms with van der Waals surface area (Å²) in [4.78, 5) is 31.8. The van der Waals surface area contributed by atoms with Gasteiger partial charge in [-0.2, -0.15) is 0 Å². The third-order valence-corrected chi connectivity index (χ3v) is 4.60. The van der Waals surface area contributed by atoms with E-state index in [1.54, 1.807) is 20.8 Å². The summed E-state index contributed by atoms with van der Waals surface area (Å²) in [7, 11) is 0. The summed E-state index contributed by atoms with van der Waals surface area (Å²) in [6.07, 6.45) is 3.41. The highest BCUT2D eigenvalue weighted by Gasteiger charge is 2.26. The molecule has 1 unspecified atom stereocenters. The first-order valence-corrected chi connectivity index (χ1v) is 9.89. The Morgan fingerprint density at radius 2 is 1.38 bits per heavy atom. The lowest BCUT2D eigenvalue weighted by molar-refractivity contribution is -0.143. The van der Waals surface area contributed by atoms with Crippen molar-refractivity contribution in [2.24, 2.45) is 17.1 Å². The van der Waals surface area contributed by atoms with Crippen molar-refractivity contribution < 1.29 is 29.7 Å². The fourth-order valence-corrected chi connectivity index (χ4v) is 2.56. The SMILES string of the molecule is CC(C)(C)C(N)C(=O)O.CCCc1ccc(CC[C@@H](CCC(=O)O)C(=O)O)cc1. The molecule has 0 bridgehead atoms. The highest BCUT2D eigenvalue weighted by atomic mass is 16.4. The van der Waals surface area contributed by atoms with E-state index in [2.05, 4.69) is 19.1 Å². The molecule has 0 saturated carbocycles. The Morgan fingerprint density at radius 1 is 0.897 bits per heavy atom. The number of benzene rings is 1. The monoisotopic (exact) mass is 409 g/mol. The molecule has 7 nitrogen and oxygen atoms in total. The molecule has 0 radical (unpaired) electrons. The van der Waals surface area contributed by atoms with Crippen LogP contribution in [-0.2, 0) is 27.2 Å². The van der Waals surface area contributed by atoms with Crippen LogP contribution in [-0.4, -0.2) is 39.3 Å². The molecule has 0 aliphatic heterocycles. The molecule has 1 aromatic carbocycles. The van der Waals surface area contributed by atoms with Gasteiger partial charge in [-0.25, -0.2) is 0 Å². The van der Waals surface area contributed by atoms with Crippen molar-refractivity contribution in [2.75, 3.05) is 0 Å². The van der Waals surface area contributed by atoms with Gasteiger partial charge in [0.15, 0.2) is 0 Å². The van der Waals surface area contributed by atoms with Crippen LogP contribution in [0.3, 0.4) is 0 Å². The zero-order valence-electron chi connectivity index (χ0n) is 17.9. The average molecular weight is 410 g/mol. The molecule has 0 amide bonds. The first-order chi connectivity index (χ1) is 13.4. The predicted octanol–water partition coefficient (Wildman–Crippen LogP) is 3.58. The molecule has 0 heterocycles. The fraction of sp³-hybridized carbons (Fsp3) is 0.591. The van der Waals surface area contributed by atoms with Crippen molar-refractivity contribution >= 4 is 17.9 Å². The summed E-state index contributed by atoms with van der Waals surface area (Å²) in [5.74, 6) is -3.38. The molecule has 0 aliphatic carbocycles. The maximum atomic E-state index is 11.1. The van der Waals surface area contributed by atoms with Crippen LogP contribution in [0.5, 0.6) is 0 Å². The second-order valence-electron chi connectivity index (χ2n) is 8.25. The molecule has 0 saturated heterocycles. The van der Waals surface area contributed by atoms with Crippen LogP contribution in [0.2, 0.25) is 0 Å². The number of carbonyl (C=O) groups is 3. The first-order valence-electron chi connectivity index (χ1n) is 9.89. The van der Waals surface area contributed by atoms with Crippen molar-refractivity contribution in [3.63, 3.8) is 0 Å². The largest absolute Gasteiger partial charge is 0.481 e. The van der Waals surface area contributed by atoms with Crippen LogP contribution in [0.15, 0.2) is 24.3 Å². The van der Waals surface area contributed by atoms with Crippen LogP contribution >= 0.6 is 0 Å². The maximum absolute atomic E-state index is 11.1. The number of carboxylic acids is 3. The van der Waals surface area contributed by atoms with Crippen LogP contribution in [0.1, 0.15) is 64.5 Å². The summed E-state index contributed by atoms with van der Waals surface area (Å²) in [5, 5.41) is 26.1. The molecule has 2 atom stereocenters. The maximum Gasteiger partial charge on any atom is 0.321 e. The Kier molecular flexibility index (Phi) is 11.9. The van der Waals surface area contributed by atoms with Crippen molar-refractivity contribution in [1.29, 1.82) is 0 Å². The van der Waals surface area contributed by atoms with Crippen LogP contribution < -0.4 is 5.73 Å². The van der Waals surface area contributed by atoms with E-state index in [1.165, 1.54) is 5.56 Å². The van der Waals surface area contributed by atoms with Gasteiger partial charge in [0.2, 0.25) is 0 Å². The minimum Gasteiger partial charge on any atom is -0.481 e. The molecular weight excluding hydrogens is 374 g/mol. The van der Waals surface area contributed by atoms with Crippen molar-refractivity contribution in [2.45, 2.75) is 72.3 Å². The Bertz CT molecular complexity index is 648. The number of nitrogens with two attached hydrogens (primary N) is 1. The van der Waals surface area contributed by atoms with Gasteiger partial charge >= 0.3 is 17.9 Å². The van der Waals surface area contributed by atoms with Gasteiger partial charge in [0.05, 0.1) is 5.92 Å². The van der Waals surface area contributed by atoms with Gasteiger partial charge in [-0.1, -0.05) is 58.4 Å². The summed E-state index contributed by atoms with van der Waals surface area (Å²) >= 11 is 0. The molecule has 0 fully saturated rings. The standard InChI is InChI=1S/C16H22O4.C6H13NO2/c1-2-3-12-4-6-13(7-5-12)8-9-14(16(19)20)10-11-15(17)18;1-6(2,3)4(7)5(8)9/h4-7,14H,2-3,8-11H2,1H3,(H,17,18)(H,19,20);4H,7H2,1-3H3,(H,8,9)/t14-;/m0./s1. The minimum absolute atomic E-state index is 0.0909. The van der Waals surface area contributed by atoms with E-state index < -0.39 is 29.9 Å². The first kappa shape index (κ1) is 26.6. The third-order valence-electron chi connectivity index (χ3n) is 4.60. The third kappa shape index (κ3) is 11.9. The van der Waals surface area contributed by atoms with Gasteiger partial charge in [0, 0.05) is 6.42 Å². The number of aliphatic carboxylic acids is 3. The zero-order valence-corrected chi connectivity index (χ0v) is 17.9. The Labute approximate surface area is 172 Å². The van der Waals surface area contributed by atoms with E-state index in [4.69, 9.17) is 21.1 Å². The molecular formula is C22H35NO6. The average Bonchev–Trinajstić information content (AvgIpc) is 2.61.